The van der Waals surface area contributed by atoms with Crippen molar-refractivity contribution in [2.24, 2.45) is 0 Å². The van der Waals surface area contributed by atoms with E-state index in [1.54, 1.807) is 4.90 Å². The molecule has 1 saturated heterocycles. The second-order valence-corrected chi connectivity index (χ2v) is 7.57. The molecule has 1 N–H and O–H groups in total. The molecule has 0 bridgehead atoms. The number of nitrogens with zero attached hydrogens (tertiary/aromatic N) is 3. The summed E-state index contributed by atoms with van der Waals surface area (Å²) in [6, 6.07) is 7.68. The summed E-state index contributed by atoms with van der Waals surface area (Å²) in [6.07, 6.45) is 0. The first-order chi connectivity index (χ1) is 10.8. The van der Waals surface area contributed by atoms with Crippen LogP contribution >= 0.6 is 0 Å². The molecule has 1 aliphatic rings. The number of piperazine rings is 1. The van der Waals surface area contributed by atoms with Crippen molar-refractivity contribution >= 4 is 16.1 Å². The maximum absolute atomic E-state index is 12.6. The van der Waals surface area contributed by atoms with E-state index in [0.29, 0.717) is 18.7 Å². The molecule has 2 amide bonds. The summed E-state index contributed by atoms with van der Waals surface area (Å²) in [7, 11) is -3.59. The molecule has 1 aromatic rings. The first kappa shape index (κ1) is 17.2. The van der Waals surface area contributed by atoms with Crippen LogP contribution in [0.4, 0.5) is 4.79 Å². The standard InChI is InChI=1S/C15H20N4O3S/c1-12(2)17-15(20)18-7-9-19(10-8-18)23(21,22)14-5-3-13(11-16)4-6-14/h3-6,12H,7-10H2,1-2H3,(H,17,20). The fourth-order valence-electron chi connectivity index (χ4n) is 2.32. The summed E-state index contributed by atoms with van der Waals surface area (Å²) < 4.78 is 26.5. The minimum absolute atomic E-state index is 0.0444. The maximum atomic E-state index is 12.6. The second-order valence-electron chi connectivity index (χ2n) is 5.63. The molecular weight excluding hydrogens is 316 g/mol. The summed E-state index contributed by atoms with van der Waals surface area (Å²) in [4.78, 5) is 13.7. The van der Waals surface area contributed by atoms with Crippen molar-refractivity contribution < 1.29 is 13.2 Å². The third-order valence-electron chi connectivity index (χ3n) is 3.56. The van der Waals surface area contributed by atoms with Crippen LogP contribution in [-0.4, -0.2) is 55.9 Å². The molecule has 1 heterocycles. The highest BCUT2D eigenvalue weighted by molar-refractivity contribution is 7.89. The van der Waals surface area contributed by atoms with Gasteiger partial charge in [0.05, 0.1) is 16.5 Å². The normalized spacial score (nSPS) is 16.2. The van der Waals surface area contributed by atoms with Gasteiger partial charge in [0.15, 0.2) is 0 Å². The average molecular weight is 336 g/mol. The highest BCUT2D eigenvalue weighted by atomic mass is 32.2. The van der Waals surface area contributed by atoms with Crippen LogP contribution < -0.4 is 5.32 Å². The molecule has 0 saturated carbocycles. The Hall–Kier alpha value is -2.11. The Morgan fingerprint density at radius 3 is 2.22 bits per heavy atom. The van der Waals surface area contributed by atoms with Crippen molar-refractivity contribution in [1.82, 2.24) is 14.5 Å². The quantitative estimate of drug-likeness (QED) is 0.890. The van der Waals surface area contributed by atoms with Crippen molar-refractivity contribution in [3.63, 3.8) is 0 Å². The van der Waals surface area contributed by atoms with Crippen molar-refractivity contribution in [3.8, 4) is 6.07 Å². The maximum Gasteiger partial charge on any atom is 0.317 e. The Labute approximate surface area is 136 Å². The highest BCUT2D eigenvalue weighted by Crippen LogP contribution is 2.18. The molecule has 0 atom stereocenters. The molecule has 1 aliphatic heterocycles. The summed E-state index contributed by atoms with van der Waals surface area (Å²) in [5.74, 6) is 0. The number of carbonyl (C=O) groups is 1. The molecule has 2 rings (SSSR count). The topological polar surface area (TPSA) is 93.5 Å². The van der Waals surface area contributed by atoms with Crippen molar-refractivity contribution in [1.29, 1.82) is 5.26 Å². The molecule has 23 heavy (non-hydrogen) atoms. The zero-order valence-electron chi connectivity index (χ0n) is 13.2. The molecular formula is C15H20N4O3S. The van der Waals surface area contributed by atoms with Gasteiger partial charge in [-0.25, -0.2) is 13.2 Å². The monoisotopic (exact) mass is 336 g/mol. The van der Waals surface area contributed by atoms with Crippen LogP contribution in [0.5, 0.6) is 0 Å². The van der Waals surface area contributed by atoms with Gasteiger partial charge in [0.1, 0.15) is 0 Å². The Balaban J connectivity index is 2.03. The van der Waals surface area contributed by atoms with E-state index in [9.17, 15) is 13.2 Å². The number of hydrogen-bond donors (Lipinski definition) is 1. The van der Waals surface area contributed by atoms with Gasteiger partial charge in [-0.2, -0.15) is 9.57 Å². The smallest absolute Gasteiger partial charge is 0.317 e. The van der Waals surface area contributed by atoms with E-state index in [4.69, 9.17) is 5.26 Å². The molecule has 0 aromatic heterocycles. The zero-order valence-corrected chi connectivity index (χ0v) is 14.0. The molecule has 1 fully saturated rings. The third-order valence-corrected chi connectivity index (χ3v) is 5.47. The van der Waals surface area contributed by atoms with Gasteiger partial charge in [-0.1, -0.05) is 0 Å². The van der Waals surface area contributed by atoms with Crippen LogP contribution in [0.15, 0.2) is 29.2 Å². The molecule has 8 heteroatoms. The fourth-order valence-corrected chi connectivity index (χ4v) is 3.74. The molecule has 7 nitrogen and oxygen atoms in total. The minimum Gasteiger partial charge on any atom is -0.336 e. The summed E-state index contributed by atoms with van der Waals surface area (Å²) >= 11 is 0. The zero-order chi connectivity index (χ0) is 17.0. The van der Waals surface area contributed by atoms with E-state index in [1.807, 2.05) is 19.9 Å². The van der Waals surface area contributed by atoms with Gasteiger partial charge in [-0.15, -0.1) is 0 Å². The first-order valence-electron chi connectivity index (χ1n) is 7.40. The third kappa shape index (κ3) is 4.00. The van der Waals surface area contributed by atoms with E-state index in [-0.39, 0.29) is 30.1 Å². The van der Waals surface area contributed by atoms with E-state index in [1.165, 1.54) is 28.6 Å². The largest absolute Gasteiger partial charge is 0.336 e. The van der Waals surface area contributed by atoms with E-state index in [0.717, 1.165) is 0 Å². The van der Waals surface area contributed by atoms with Crippen molar-refractivity contribution in [2.45, 2.75) is 24.8 Å². The summed E-state index contributed by atoms with van der Waals surface area (Å²) in [5, 5.41) is 11.6. The predicted molar refractivity (Wildman–Crippen MR) is 85.2 cm³/mol. The molecule has 0 radical (unpaired) electrons. The first-order valence-corrected chi connectivity index (χ1v) is 8.84. The number of nitriles is 1. The number of urea groups is 1. The van der Waals surface area contributed by atoms with Crippen LogP contribution in [0.25, 0.3) is 0 Å². The van der Waals surface area contributed by atoms with Crippen LogP contribution in [0.2, 0.25) is 0 Å². The van der Waals surface area contributed by atoms with E-state index in [2.05, 4.69) is 5.32 Å². The molecule has 1 aromatic carbocycles. The van der Waals surface area contributed by atoms with Gasteiger partial charge in [-0.05, 0) is 38.1 Å². The lowest BCUT2D eigenvalue weighted by molar-refractivity contribution is 0.170. The number of hydrogen-bond acceptors (Lipinski definition) is 4. The summed E-state index contributed by atoms with van der Waals surface area (Å²) in [5.41, 5.74) is 0.416. The van der Waals surface area contributed by atoms with Gasteiger partial charge in [-0.3, -0.25) is 0 Å². The Bertz CT molecular complexity index is 699. The SMILES string of the molecule is CC(C)NC(=O)N1CCN(S(=O)(=O)c2ccc(C#N)cc2)CC1. The molecule has 0 aliphatic carbocycles. The number of benzene rings is 1. The Kier molecular flexibility index (Phi) is 5.23. The number of carbonyl (C=O) groups excluding carboxylic acids is 1. The lowest BCUT2D eigenvalue weighted by atomic mass is 10.2. The van der Waals surface area contributed by atoms with Crippen LogP contribution in [0.3, 0.4) is 0 Å². The lowest BCUT2D eigenvalue weighted by Crippen LogP contribution is -2.53. The van der Waals surface area contributed by atoms with Gasteiger partial charge >= 0.3 is 6.03 Å². The molecule has 124 valence electrons. The van der Waals surface area contributed by atoms with E-state index >= 15 is 0 Å². The number of rotatable bonds is 3. The van der Waals surface area contributed by atoms with Gasteiger partial charge in [0, 0.05) is 32.2 Å². The van der Waals surface area contributed by atoms with Gasteiger partial charge < -0.3 is 10.2 Å². The molecule has 0 unspecified atom stereocenters. The van der Waals surface area contributed by atoms with Crippen molar-refractivity contribution in [2.75, 3.05) is 26.2 Å². The average Bonchev–Trinajstić information content (AvgIpc) is 2.54. The van der Waals surface area contributed by atoms with Gasteiger partial charge in [0.25, 0.3) is 0 Å². The second kappa shape index (κ2) is 6.98. The highest BCUT2D eigenvalue weighted by Gasteiger charge is 2.30. The van der Waals surface area contributed by atoms with Crippen molar-refractivity contribution in [3.05, 3.63) is 29.8 Å². The Morgan fingerprint density at radius 1 is 1.17 bits per heavy atom. The minimum atomic E-state index is -3.59. The number of amides is 2. The summed E-state index contributed by atoms with van der Waals surface area (Å²) in [6.45, 7) is 4.98. The van der Waals surface area contributed by atoms with Crippen LogP contribution in [0.1, 0.15) is 19.4 Å². The predicted octanol–water partition coefficient (Wildman–Crippen LogP) is 0.983. The van der Waals surface area contributed by atoms with Crippen LogP contribution in [0, 0.1) is 11.3 Å². The van der Waals surface area contributed by atoms with E-state index < -0.39 is 10.0 Å². The molecule has 0 spiro atoms. The van der Waals surface area contributed by atoms with Gasteiger partial charge in [0.2, 0.25) is 10.0 Å². The lowest BCUT2D eigenvalue weighted by Gasteiger charge is -2.34. The van der Waals surface area contributed by atoms with Crippen LogP contribution in [-0.2, 0) is 10.0 Å². The fraction of sp³-hybridized carbons (Fsp3) is 0.467. The number of sulfonamides is 1. The number of nitrogens with one attached hydrogen (secondary N) is 1. The Morgan fingerprint density at radius 2 is 1.74 bits per heavy atom.